The van der Waals surface area contributed by atoms with Gasteiger partial charge in [-0.2, -0.15) is 0 Å². The summed E-state index contributed by atoms with van der Waals surface area (Å²) >= 11 is 0. The molecule has 0 bridgehead atoms. The molecular weight excluding hydrogens is 434 g/mol. The number of aromatic nitrogens is 1. The summed E-state index contributed by atoms with van der Waals surface area (Å²) in [5.74, 6) is -1.97. The third kappa shape index (κ3) is 4.92. The van der Waals surface area contributed by atoms with Gasteiger partial charge in [0.15, 0.2) is 5.78 Å². The van der Waals surface area contributed by atoms with Gasteiger partial charge in [0.05, 0.1) is 5.56 Å². The zero-order valence-corrected chi connectivity index (χ0v) is 18.7. The van der Waals surface area contributed by atoms with Crippen LogP contribution in [0.4, 0.5) is 8.78 Å². The maximum atomic E-state index is 14.9. The number of halogens is 3. The van der Waals surface area contributed by atoms with Crippen LogP contribution in [0.15, 0.2) is 47.4 Å². The van der Waals surface area contributed by atoms with Crippen molar-refractivity contribution in [2.75, 3.05) is 6.54 Å². The van der Waals surface area contributed by atoms with Crippen LogP contribution in [0.1, 0.15) is 66.6 Å². The minimum Gasteiger partial charge on any atom is -0.329 e. The number of aromatic amines is 1. The summed E-state index contributed by atoms with van der Waals surface area (Å²) in [6, 6.07) is 8.37. The van der Waals surface area contributed by atoms with E-state index in [1.54, 1.807) is 12.1 Å². The molecule has 1 aliphatic rings. The molecule has 2 N–H and O–H groups in total. The largest absolute Gasteiger partial charge is 0.329 e. The maximum absolute atomic E-state index is 14.9. The van der Waals surface area contributed by atoms with Crippen molar-refractivity contribution in [2.45, 2.75) is 45.1 Å². The molecule has 4 rings (SSSR count). The van der Waals surface area contributed by atoms with Crippen molar-refractivity contribution < 1.29 is 13.6 Å². The van der Waals surface area contributed by atoms with Crippen LogP contribution in [0.25, 0.3) is 10.8 Å². The van der Waals surface area contributed by atoms with Crippen LogP contribution in [0.5, 0.6) is 0 Å². The monoisotopic (exact) mass is 460 g/mol. The van der Waals surface area contributed by atoms with E-state index in [1.807, 2.05) is 6.92 Å². The van der Waals surface area contributed by atoms with Crippen molar-refractivity contribution in [2.24, 2.45) is 5.92 Å². The number of fused-ring (bicyclic) bond motifs is 1. The molecule has 32 heavy (non-hydrogen) atoms. The average Bonchev–Trinajstić information content (AvgIpc) is 2.77. The molecule has 1 saturated carbocycles. The standard InChI is InChI=1S/C25H26F2N2O2.ClH/c1-15(29-14-16-6-3-2-4-7-16)17-12-21(26)23(22(27)13-17)24(30)19-8-5-9-20-18(19)10-11-28-25(20)31;/h5,8-13,15-16,29H,2-4,6-7,14H2,1H3,(H,28,31);1H. The SMILES string of the molecule is CC(NCC1CCCCC1)c1cc(F)c(C(=O)c2cccc3c(=O)[nH]ccc23)c(F)c1.Cl. The van der Waals surface area contributed by atoms with Gasteiger partial charge in [-0.05, 0) is 67.4 Å². The Balaban J connectivity index is 0.00000289. The van der Waals surface area contributed by atoms with Gasteiger partial charge < -0.3 is 10.3 Å². The molecule has 1 heterocycles. The molecule has 1 aliphatic carbocycles. The smallest absolute Gasteiger partial charge is 0.255 e. The first-order valence-electron chi connectivity index (χ1n) is 10.8. The summed E-state index contributed by atoms with van der Waals surface area (Å²) in [4.78, 5) is 27.6. The van der Waals surface area contributed by atoms with Crippen molar-refractivity contribution in [1.29, 1.82) is 0 Å². The van der Waals surface area contributed by atoms with Gasteiger partial charge in [0.25, 0.3) is 5.56 Å². The number of nitrogens with one attached hydrogen (secondary N) is 2. The lowest BCUT2D eigenvalue weighted by Crippen LogP contribution is -2.27. The quantitative estimate of drug-likeness (QED) is 0.464. The molecule has 0 saturated heterocycles. The Labute approximate surface area is 191 Å². The topological polar surface area (TPSA) is 62.0 Å². The molecule has 1 aromatic heterocycles. The van der Waals surface area contributed by atoms with Crippen LogP contribution in [0.2, 0.25) is 0 Å². The second kappa shape index (κ2) is 10.4. The molecule has 0 radical (unpaired) electrons. The maximum Gasteiger partial charge on any atom is 0.255 e. The van der Waals surface area contributed by atoms with E-state index in [4.69, 9.17) is 0 Å². The first kappa shape index (κ1) is 24.1. The fourth-order valence-corrected chi connectivity index (χ4v) is 4.47. The number of pyridine rings is 1. The fraction of sp³-hybridized carbons (Fsp3) is 0.360. The van der Waals surface area contributed by atoms with Crippen LogP contribution < -0.4 is 10.9 Å². The summed E-state index contributed by atoms with van der Waals surface area (Å²) in [5, 5.41) is 4.04. The lowest BCUT2D eigenvalue weighted by Gasteiger charge is -2.24. The summed E-state index contributed by atoms with van der Waals surface area (Å²) in [6.07, 6.45) is 7.54. The number of carbonyl (C=O) groups is 1. The second-order valence-corrected chi connectivity index (χ2v) is 8.40. The van der Waals surface area contributed by atoms with E-state index < -0.39 is 23.0 Å². The van der Waals surface area contributed by atoms with Gasteiger partial charge in [0, 0.05) is 23.2 Å². The molecule has 4 nitrogen and oxygen atoms in total. The first-order valence-corrected chi connectivity index (χ1v) is 10.8. The van der Waals surface area contributed by atoms with Crippen LogP contribution in [-0.2, 0) is 0 Å². The number of rotatable bonds is 6. The van der Waals surface area contributed by atoms with E-state index in [2.05, 4.69) is 10.3 Å². The van der Waals surface area contributed by atoms with Gasteiger partial charge in [-0.1, -0.05) is 31.4 Å². The Bertz CT molecular complexity index is 1150. The van der Waals surface area contributed by atoms with Crippen LogP contribution in [0, 0.1) is 17.6 Å². The average molecular weight is 461 g/mol. The highest BCUT2D eigenvalue weighted by Gasteiger charge is 2.23. The van der Waals surface area contributed by atoms with E-state index >= 15 is 0 Å². The molecular formula is C25H27ClF2N2O2. The Morgan fingerprint density at radius 2 is 1.78 bits per heavy atom. The molecule has 3 aromatic rings. The number of benzene rings is 2. The number of hydrogen-bond acceptors (Lipinski definition) is 3. The second-order valence-electron chi connectivity index (χ2n) is 8.40. The molecule has 1 atom stereocenters. The molecule has 170 valence electrons. The summed E-state index contributed by atoms with van der Waals surface area (Å²) in [7, 11) is 0. The lowest BCUT2D eigenvalue weighted by atomic mass is 9.89. The molecule has 0 spiro atoms. The molecule has 0 aliphatic heterocycles. The van der Waals surface area contributed by atoms with Crippen molar-refractivity contribution >= 4 is 29.0 Å². The summed E-state index contributed by atoms with van der Waals surface area (Å²) < 4.78 is 29.9. The fourth-order valence-electron chi connectivity index (χ4n) is 4.47. The lowest BCUT2D eigenvalue weighted by molar-refractivity contribution is 0.103. The molecule has 2 aromatic carbocycles. The van der Waals surface area contributed by atoms with Gasteiger partial charge in [0.2, 0.25) is 0 Å². The number of ketones is 1. The highest BCUT2D eigenvalue weighted by Crippen LogP contribution is 2.27. The van der Waals surface area contributed by atoms with Crippen molar-refractivity contribution in [3.63, 3.8) is 0 Å². The molecule has 0 amide bonds. The predicted octanol–water partition coefficient (Wildman–Crippen LogP) is 5.69. The van der Waals surface area contributed by atoms with Gasteiger partial charge in [-0.15, -0.1) is 12.4 Å². The van der Waals surface area contributed by atoms with Crippen LogP contribution >= 0.6 is 12.4 Å². The highest BCUT2D eigenvalue weighted by atomic mass is 35.5. The number of hydrogen-bond donors (Lipinski definition) is 2. The number of carbonyl (C=O) groups excluding carboxylic acids is 1. The summed E-state index contributed by atoms with van der Waals surface area (Å²) in [6.45, 7) is 2.69. The van der Waals surface area contributed by atoms with E-state index in [0.29, 0.717) is 22.3 Å². The van der Waals surface area contributed by atoms with Gasteiger partial charge in [-0.3, -0.25) is 9.59 Å². The minimum atomic E-state index is -0.895. The minimum absolute atomic E-state index is 0. The first-order chi connectivity index (χ1) is 15.0. The Hall–Kier alpha value is -2.57. The third-order valence-corrected chi connectivity index (χ3v) is 6.29. The molecule has 1 fully saturated rings. The van der Waals surface area contributed by atoms with Crippen molar-refractivity contribution in [1.82, 2.24) is 10.3 Å². The van der Waals surface area contributed by atoms with E-state index in [1.165, 1.54) is 62.6 Å². The third-order valence-electron chi connectivity index (χ3n) is 6.29. The Kier molecular flexibility index (Phi) is 7.80. The van der Waals surface area contributed by atoms with E-state index in [9.17, 15) is 18.4 Å². The Morgan fingerprint density at radius 3 is 2.47 bits per heavy atom. The van der Waals surface area contributed by atoms with E-state index in [0.717, 1.165) is 6.54 Å². The van der Waals surface area contributed by atoms with Crippen molar-refractivity contribution in [3.8, 4) is 0 Å². The zero-order chi connectivity index (χ0) is 22.0. The van der Waals surface area contributed by atoms with Gasteiger partial charge in [0.1, 0.15) is 11.6 Å². The number of H-pyrrole nitrogens is 1. The zero-order valence-electron chi connectivity index (χ0n) is 17.9. The molecule has 7 heteroatoms. The van der Waals surface area contributed by atoms with Gasteiger partial charge >= 0.3 is 0 Å². The normalized spacial score (nSPS) is 15.3. The Morgan fingerprint density at radius 1 is 1.09 bits per heavy atom. The van der Waals surface area contributed by atoms with Gasteiger partial charge in [-0.25, -0.2) is 8.78 Å². The predicted molar refractivity (Wildman–Crippen MR) is 125 cm³/mol. The van der Waals surface area contributed by atoms with E-state index in [-0.39, 0.29) is 29.6 Å². The highest BCUT2D eigenvalue weighted by molar-refractivity contribution is 6.16. The summed E-state index contributed by atoms with van der Waals surface area (Å²) in [5.41, 5.74) is -0.397. The molecule has 1 unspecified atom stereocenters. The van der Waals surface area contributed by atoms with Crippen LogP contribution in [0.3, 0.4) is 0 Å². The van der Waals surface area contributed by atoms with Crippen LogP contribution in [-0.4, -0.2) is 17.3 Å². The van der Waals surface area contributed by atoms with Crippen molar-refractivity contribution in [3.05, 3.63) is 81.3 Å².